The molecule has 488 valence electrons. The highest BCUT2D eigenvalue weighted by atomic mass is 16.8. The van der Waals surface area contributed by atoms with Crippen LogP contribution in [0.2, 0.25) is 0 Å². The largest absolute Gasteiger partial charge is 0.479 e. The van der Waals surface area contributed by atoms with Crippen LogP contribution in [0.3, 0.4) is 0 Å². The number of hydrogen-bond donors (Lipinski definition) is 15. The molecule has 5 heterocycles. The lowest BCUT2D eigenvalue weighted by Gasteiger charge is -2.72. The highest BCUT2D eigenvalue weighted by Crippen LogP contribution is 2.76. The second-order valence-corrected chi connectivity index (χ2v) is 28.8. The minimum atomic E-state index is -2.12. The Morgan fingerprint density at radius 2 is 1.09 bits per heavy atom. The number of aliphatic hydroxyl groups is 14. The Bertz CT molecular complexity index is 2390. The summed E-state index contributed by atoms with van der Waals surface area (Å²) in [5.74, 6) is -1.68. The summed E-state index contributed by atoms with van der Waals surface area (Å²) in [5, 5.41) is 163. The van der Waals surface area contributed by atoms with E-state index in [4.69, 9.17) is 47.4 Å². The van der Waals surface area contributed by atoms with Gasteiger partial charge in [0.05, 0.1) is 44.2 Å². The second kappa shape index (κ2) is 24.1. The molecule has 5 aliphatic heterocycles. The van der Waals surface area contributed by atoms with Crippen molar-refractivity contribution >= 4 is 5.97 Å². The van der Waals surface area contributed by atoms with Gasteiger partial charge in [-0.05, 0) is 111 Å². The lowest BCUT2D eigenvalue weighted by Crippen LogP contribution is -2.68. The Morgan fingerprint density at radius 1 is 0.541 bits per heavy atom. The summed E-state index contributed by atoms with van der Waals surface area (Å²) in [7, 11) is 0. The average Bonchev–Trinajstić information content (AvgIpc) is 0.702. The highest BCUT2D eigenvalue weighted by molar-refractivity contribution is 5.73. The van der Waals surface area contributed by atoms with Gasteiger partial charge in [0, 0.05) is 10.8 Å². The van der Waals surface area contributed by atoms with E-state index in [-0.39, 0.29) is 47.2 Å². The Kier molecular flexibility index (Phi) is 18.7. The molecule has 0 bridgehead atoms. The van der Waals surface area contributed by atoms with Gasteiger partial charge in [0.15, 0.2) is 37.6 Å². The maximum atomic E-state index is 12.6. The predicted molar refractivity (Wildman–Crippen MR) is 288 cm³/mol. The second-order valence-electron chi connectivity index (χ2n) is 28.8. The maximum Gasteiger partial charge on any atom is 0.335 e. The molecule has 10 rings (SSSR count). The zero-order valence-corrected chi connectivity index (χ0v) is 50.0. The molecule has 0 amide bonds. The number of hydrogen-bond acceptors (Lipinski definition) is 25. The van der Waals surface area contributed by atoms with E-state index in [0.29, 0.717) is 25.7 Å². The third-order valence-corrected chi connectivity index (χ3v) is 23.3. The van der Waals surface area contributed by atoms with Gasteiger partial charge < -0.3 is 124 Å². The fourth-order valence-electron chi connectivity index (χ4n) is 17.8. The van der Waals surface area contributed by atoms with E-state index in [1.807, 2.05) is 6.92 Å². The number of carboxylic acid groups (broad SMARTS) is 1. The molecule has 0 aromatic carbocycles. The fraction of sp³-hybridized carbons (Fsp3) is 0.949. The topological polar surface area (TPSA) is 413 Å². The molecule has 9 fully saturated rings. The van der Waals surface area contributed by atoms with E-state index >= 15 is 0 Å². The van der Waals surface area contributed by atoms with Crippen molar-refractivity contribution < 1.29 is 129 Å². The van der Waals surface area contributed by atoms with Crippen LogP contribution in [0, 0.1) is 50.2 Å². The van der Waals surface area contributed by atoms with Crippen molar-refractivity contribution in [1.82, 2.24) is 0 Å². The Labute approximate surface area is 494 Å². The van der Waals surface area contributed by atoms with Crippen LogP contribution in [0.4, 0.5) is 0 Å². The Hall–Kier alpha value is -1.75. The molecule has 15 N–H and O–H groups in total. The first-order chi connectivity index (χ1) is 39.7. The van der Waals surface area contributed by atoms with Crippen molar-refractivity contribution in [1.29, 1.82) is 0 Å². The van der Waals surface area contributed by atoms with E-state index in [9.17, 15) is 81.4 Å². The summed E-state index contributed by atoms with van der Waals surface area (Å²) >= 11 is 0. The van der Waals surface area contributed by atoms with Gasteiger partial charge in [-0.15, -0.1) is 0 Å². The van der Waals surface area contributed by atoms with Crippen LogP contribution in [-0.2, 0) is 52.2 Å². The van der Waals surface area contributed by atoms with E-state index in [1.54, 1.807) is 0 Å². The number of aliphatic hydroxyl groups excluding tert-OH is 14. The van der Waals surface area contributed by atoms with Crippen LogP contribution in [-0.4, -0.2) is 262 Å². The van der Waals surface area contributed by atoms with Gasteiger partial charge in [0.2, 0.25) is 0 Å². The zero-order chi connectivity index (χ0) is 62.2. The number of ether oxygens (including phenoxy) is 10. The quantitative estimate of drug-likeness (QED) is 0.0702. The normalized spacial score (nSPS) is 56.2. The first-order valence-corrected chi connectivity index (χ1v) is 30.5. The summed E-state index contributed by atoms with van der Waals surface area (Å²) in [6.45, 7) is 17.1. The molecular formula is C59H96O26. The number of allylic oxidation sites excluding steroid dienone is 2. The van der Waals surface area contributed by atoms with Crippen LogP contribution in [0.5, 0.6) is 0 Å². The lowest BCUT2D eigenvalue weighted by atomic mass is 9.33. The van der Waals surface area contributed by atoms with Crippen LogP contribution in [0.25, 0.3) is 0 Å². The van der Waals surface area contributed by atoms with Crippen molar-refractivity contribution in [3.8, 4) is 0 Å². The summed E-state index contributed by atoms with van der Waals surface area (Å²) in [4.78, 5) is 12.6. The number of carbonyl (C=O) groups is 1. The van der Waals surface area contributed by atoms with Crippen molar-refractivity contribution in [2.24, 2.45) is 50.2 Å². The van der Waals surface area contributed by atoms with Gasteiger partial charge in [-0.2, -0.15) is 0 Å². The smallest absolute Gasteiger partial charge is 0.335 e. The molecule has 10 aliphatic rings. The molecule has 0 aromatic heterocycles. The summed E-state index contributed by atoms with van der Waals surface area (Å²) < 4.78 is 61.5. The molecule has 26 nitrogen and oxygen atoms in total. The maximum absolute atomic E-state index is 12.6. The van der Waals surface area contributed by atoms with Gasteiger partial charge in [-0.1, -0.05) is 60.1 Å². The van der Waals surface area contributed by atoms with Crippen LogP contribution in [0.1, 0.15) is 120 Å². The molecule has 5 saturated heterocycles. The molecule has 3 unspecified atom stereocenters. The van der Waals surface area contributed by atoms with Crippen LogP contribution in [0.15, 0.2) is 11.6 Å². The minimum Gasteiger partial charge on any atom is -0.479 e. The number of carboxylic acids is 1. The Balaban J connectivity index is 0.898. The van der Waals surface area contributed by atoms with Crippen molar-refractivity contribution in [2.75, 3.05) is 19.8 Å². The molecule has 26 heteroatoms. The standard InChI is InChI=1S/C59H96O26/c1-23-33(63)37(67)42(72)49(77-23)83-45-35(65)27(62)21-76-51(45)81-32-19-54(3,4)18-26-25-10-11-30-56(6)14-13-31(57(7,22-61)29(56)12-15-59(30,9)58(25,8)17-16-55(26,32)5)80-53-47(41(71)40(70)44(82-53)48(74)75)85-52-46(39(69)36(66)28(20-60)79-52)84-50-43(73)38(68)34(64)24(2)78-50/h10,23-24,26-47,49-53,60-73H,11-22H2,1-9H3,(H,74,75)/t23-,24-,26?,27-,28+,29?,30?,31-,32+,33-,34+,35-,36-,37+,38+,39-,40-,41-,42+,43+,44-,45+,46+,47+,49-,50-,51-,52-,53+,55+,56-,57-,58+,59+/m0/s1. The minimum absolute atomic E-state index is 0.0466. The Morgan fingerprint density at radius 3 is 1.67 bits per heavy atom. The monoisotopic (exact) mass is 1220 g/mol. The van der Waals surface area contributed by atoms with Crippen LogP contribution < -0.4 is 0 Å². The first kappa shape index (κ1) is 66.2. The average molecular weight is 1220 g/mol. The molecule has 4 saturated carbocycles. The fourth-order valence-corrected chi connectivity index (χ4v) is 17.8. The van der Waals surface area contributed by atoms with Crippen molar-refractivity contribution in [3.63, 3.8) is 0 Å². The SMILES string of the molecule is C[C@@H]1O[C@@H](O[C@H]2[C@H](O[C@@H]3CC(C)(C)CC4C5=CCC6[C@@]7(C)CC[C@H](O[C@@H]8O[C@H](C(=O)O)[C@@H](O)[C@H](O)[C@H]8O[C@@H]8O[C@H](CO)[C@H](O)[C@H](O)[C@H]8O[C@@H]8O[C@@H](C)[C@@H](O)[C@@H](O)[C@H]8O)[C@@](C)(CO)C7CC[C@@]6(C)[C@]5(C)CC[C@]43C)OC[C@H](O)[C@@H]2O)[C@H](O)[C@H](O)[C@H]1O. The molecule has 85 heavy (non-hydrogen) atoms. The van der Waals surface area contributed by atoms with Crippen LogP contribution >= 0.6 is 0 Å². The summed E-state index contributed by atoms with van der Waals surface area (Å²) in [6, 6.07) is 0. The number of rotatable bonds is 13. The predicted octanol–water partition coefficient (Wildman–Crippen LogP) is -1.98. The van der Waals surface area contributed by atoms with Crippen molar-refractivity contribution in [3.05, 3.63) is 11.6 Å². The summed E-state index contributed by atoms with van der Waals surface area (Å²) in [5.41, 5.74) is -1.31. The van der Waals surface area contributed by atoms with Gasteiger partial charge in [-0.3, -0.25) is 0 Å². The molecule has 34 atom stereocenters. The third kappa shape index (κ3) is 11.0. The lowest BCUT2D eigenvalue weighted by molar-refractivity contribution is -0.396. The third-order valence-electron chi connectivity index (χ3n) is 23.3. The first-order valence-electron chi connectivity index (χ1n) is 30.5. The molecular weight excluding hydrogens is 1120 g/mol. The number of fused-ring (bicyclic) bond motifs is 7. The van der Waals surface area contributed by atoms with Gasteiger partial charge in [0.25, 0.3) is 0 Å². The van der Waals surface area contributed by atoms with Gasteiger partial charge >= 0.3 is 5.97 Å². The molecule has 0 radical (unpaired) electrons. The molecule has 0 aromatic rings. The molecule has 5 aliphatic carbocycles. The van der Waals surface area contributed by atoms with E-state index < -0.39 is 188 Å². The van der Waals surface area contributed by atoms with E-state index in [0.717, 1.165) is 32.1 Å². The highest BCUT2D eigenvalue weighted by Gasteiger charge is 2.70. The summed E-state index contributed by atoms with van der Waals surface area (Å²) in [6.07, 6.45) is -32.2. The zero-order valence-electron chi connectivity index (χ0n) is 50.0. The van der Waals surface area contributed by atoms with E-state index in [2.05, 4.69) is 47.6 Å². The van der Waals surface area contributed by atoms with Crippen molar-refractivity contribution in [2.45, 2.75) is 280 Å². The van der Waals surface area contributed by atoms with E-state index in [1.165, 1.54) is 19.4 Å². The van der Waals surface area contributed by atoms with Gasteiger partial charge in [-0.25, -0.2) is 4.79 Å². The number of aliphatic carboxylic acids is 1. The molecule has 0 spiro atoms. The van der Waals surface area contributed by atoms with Gasteiger partial charge in [0.1, 0.15) is 97.7 Å².